The number of hydrogen-bond acceptors (Lipinski definition) is 3. The van der Waals surface area contributed by atoms with E-state index in [1.807, 2.05) is 33.9 Å². The molecule has 0 spiro atoms. The van der Waals surface area contributed by atoms with Gasteiger partial charge in [0.05, 0.1) is 6.61 Å². The van der Waals surface area contributed by atoms with Crippen molar-refractivity contribution in [3.63, 3.8) is 0 Å². The molecule has 1 saturated carbocycles. The lowest BCUT2D eigenvalue weighted by Gasteiger charge is -2.34. The number of hydrogen-bond donors (Lipinski definition) is 1. The second kappa shape index (κ2) is 6.94. The summed E-state index contributed by atoms with van der Waals surface area (Å²) in [4.78, 5) is 13.7. The first kappa shape index (κ1) is 16.0. The van der Waals surface area contributed by atoms with Crippen LogP contribution in [0.25, 0.3) is 0 Å². The first-order valence-corrected chi connectivity index (χ1v) is 7.07. The number of carbonyl (C=O) groups is 1. The molecule has 1 rings (SSSR count). The zero-order valence-corrected chi connectivity index (χ0v) is 12.6. The number of aliphatic hydroxyl groups is 1. The van der Waals surface area contributed by atoms with Crippen LogP contribution in [0.3, 0.4) is 0 Å². The summed E-state index contributed by atoms with van der Waals surface area (Å²) in [7, 11) is 1.82. The zero-order chi connectivity index (χ0) is 14.5. The van der Waals surface area contributed by atoms with Crippen LogP contribution in [0.4, 0.5) is 4.79 Å². The van der Waals surface area contributed by atoms with Crippen LogP contribution in [0.5, 0.6) is 0 Å². The number of amides is 1. The van der Waals surface area contributed by atoms with Crippen molar-refractivity contribution in [3.8, 4) is 0 Å². The summed E-state index contributed by atoms with van der Waals surface area (Å²) >= 11 is 0. The van der Waals surface area contributed by atoms with Gasteiger partial charge in [-0.25, -0.2) is 4.79 Å². The predicted molar refractivity (Wildman–Crippen MR) is 76.0 cm³/mol. The lowest BCUT2D eigenvalue weighted by atomic mass is 9.85. The summed E-state index contributed by atoms with van der Waals surface area (Å²) in [5, 5.41) is 8.76. The average molecular weight is 269 g/mol. The Kier molecular flexibility index (Phi) is 5.85. The van der Waals surface area contributed by atoms with Gasteiger partial charge in [-0.2, -0.15) is 0 Å². The standard InChI is InChI=1S/C15H27NO3/c1-15(2,3)19-14(18)16(4)13-9-7-12(8-10-13)6-5-11-17/h5-6,12-13,17H,7-11H2,1-4H3/b6-5+/t12-,13-. The maximum atomic E-state index is 12.0. The fourth-order valence-electron chi connectivity index (χ4n) is 2.42. The highest BCUT2D eigenvalue weighted by molar-refractivity contribution is 5.68. The van der Waals surface area contributed by atoms with E-state index in [-0.39, 0.29) is 18.7 Å². The molecular weight excluding hydrogens is 242 g/mol. The van der Waals surface area contributed by atoms with Gasteiger partial charge in [-0.3, -0.25) is 0 Å². The Bertz CT molecular complexity index is 312. The predicted octanol–water partition coefficient (Wildman–Crippen LogP) is 2.96. The first-order chi connectivity index (χ1) is 8.83. The number of rotatable bonds is 3. The third kappa shape index (κ3) is 5.64. The molecule has 0 aliphatic heterocycles. The molecular formula is C15H27NO3. The Morgan fingerprint density at radius 3 is 2.37 bits per heavy atom. The quantitative estimate of drug-likeness (QED) is 0.801. The van der Waals surface area contributed by atoms with Gasteiger partial charge in [-0.05, 0) is 52.4 Å². The number of ether oxygens (including phenoxy) is 1. The largest absolute Gasteiger partial charge is 0.444 e. The van der Waals surface area contributed by atoms with Gasteiger partial charge in [0.1, 0.15) is 5.60 Å². The van der Waals surface area contributed by atoms with Crippen molar-refractivity contribution < 1.29 is 14.6 Å². The Morgan fingerprint density at radius 1 is 1.32 bits per heavy atom. The van der Waals surface area contributed by atoms with Gasteiger partial charge in [-0.1, -0.05) is 12.2 Å². The molecule has 0 saturated heterocycles. The van der Waals surface area contributed by atoms with E-state index in [0.717, 1.165) is 25.7 Å². The molecule has 1 fully saturated rings. The smallest absolute Gasteiger partial charge is 0.410 e. The van der Waals surface area contributed by atoms with Gasteiger partial charge >= 0.3 is 6.09 Å². The number of carbonyl (C=O) groups excluding carboxylic acids is 1. The SMILES string of the molecule is CN(C(=O)OC(C)(C)C)[C@H]1CC[C@H](/C=C/CO)CC1. The van der Waals surface area contributed by atoms with E-state index in [1.165, 1.54) is 0 Å². The van der Waals surface area contributed by atoms with E-state index >= 15 is 0 Å². The van der Waals surface area contributed by atoms with E-state index in [2.05, 4.69) is 6.08 Å². The molecule has 1 aliphatic carbocycles. The normalized spacial score (nSPS) is 24.5. The summed E-state index contributed by atoms with van der Waals surface area (Å²) < 4.78 is 5.38. The molecule has 0 radical (unpaired) electrons. The first-order valence-electron chi connectivity index (χ1n) is 7.07. The molecule has 1 aliphatic rings. The lowest BCUT2D eigenvalue weighted by molar-refractivity contribution is 0.0179. The molecule has 110 valence electrons. The summed E-state index contributed by atoms with van der Waals surface area (Å²) in [6.45, 7) is 5.76. The van der Waals surface area contributed by atoms with Crippen LogP contribution in [-0.4, -0.2) is 41.4 Å². The monoisotopic (exact) mass is 269 g/mol. The van der Waals surface area contributed by atoms with Crippen molar-refractivity contribution in [1.82, 2.24) is 4.90 Å². The molecule has 0 bridgehead atoms. The maximum Gasteiger partial charge on any atom is 0.410 e. The van der Waals surface area contributed by atoms with Crippen LogP contribution in [0.2, 0.25) is 0 Å². The minimum atomic E-state index is -0.438. The van der Waals surface area contributed by atoms with Crippen molar-refractivity contribution in [3.05, 3.63) is 12.2 Å². The van der Waals surface area contributed by atoms with E-state index in [9.17, 15) is 4.79 Å². The summed E-state index contributed by atoms with van der Waals surface area (Å²) in [6, 6.07) is 0.272. The molecule has 4 heteroatoms. The minimum absolute atomic E-state index is 0.109. The van der Waals surface area contributed by atoms with Crippen LogP contribution in [0, 0.1) is 5.92 Å². The zero-order valence-electron chi connectivity index (χ0n) is 12.6. The molecule has 0 heterocycles. The van der Waals surface area contributed by atoms with Crippen LogP contribution in [-0.2, 0) is 4.74 Å². The summed E-state index contributed by atoms with van der Waals surface area (Å²) in [5.74, 6) is 0.537. The second-order valence-corrected chi connectivity index (χ2v) is 6.27. The fourth-order valence-corrected chi connectivity index (χ4v) is 2.42. The molecule has 0 atom stereocenters. The Morgan fingerprint density at radius 2 is 1.89 bits per heavy atom. The molecule has 19 heavy (non-hydrogen) atoms. The van der Waals surface area contributed by atoms with E-state index < -0.39 is 5.60 Å². The Hall–Kier alpha value is -1.03. The van der Waals surface area contributed by atoms with Crippen LogP contribution in [0.15, 0.2) is 12.2 Å². The van der Waals surface area contributed by atoms with Crippen molar-refractivity contribution in [2.75, 3.05) is 13.7 Å². The van der Waals surface area contributed by atoms with Crippen LogP contribution in [0.1, 0.15) is 46.5 Å². The Labute approximate surface area is 116 Å². The second-order valence-electron chi connectivity index (χ2n) is 6.27. The van der Waals surface area contributed by atoms with Crippen LogP contribution < -0.4 is 0 Å². The van der Waals surface area contributed by atoms with E-state index in [0.29, 0.717) is 5.92 Å². The number of allylic oxidation sites excluding steroid dienone is 1. The van der Waals surface area contributed by atoms with Crippen LogP contribution >= 0.6 is 0 Å². The molecule has 0 unspecified atom stereocenters. The molecule has 4 nitrogen and oxygen atoms in total. The topological polar surface area (TPSA) is 49.8 Å². The number of aliphatic hydroxyl groups excluding tert-OH is 1. The lowest BCUT2D eigenvalue weighted by Crippen LogP contribution is -2.42. The maximum absolute atomic E-state index is 12.0. The van der Waals surface area contributed by atoms with E-state index in [1.54, 1.807) is 4.90 Å². The van der Waals surface area contributed by atoms with Crippen molar-refractivity contribution in [2.24, 2.45) is 5.92 Å². The van der Waals surface area contributed by atoms with Gasteiger partial charge < -0.3 is 14.7 Å². The van der Waals surface area contributed by atoms with E-state index in [4.69, 9.17) is 9.84 Å². The Balaban J connectivity index is 2.42. The van der Waals surface area contributed by atoms with Gasteiger partial charge in [0.15, 0.2) is 0 Å². The van der Waals surface area contributed by atoms with Crippen molar-refractivity contribution in [1.29, 1.82) is 0 Å². The van der Waals surface area contributed by atoms with Crippen molar-refractivity contribution in [2.45, 2.75) is 58.1 Å². The van der Waals surface area contributed by atoms with Gasteiger partial charge in [0.25, 0.3) is 0 Å². The summed E-state index contributed by atoms with van der Waals surface area (Å²) in [6.07, 6.45) is 7.78. The number of nitrogens with zero attached hydrogens (tertiary/aromatic N) is 1. The van der Waals surface area contributed by atoms with Gasteiger partial charge in [0.2, 0.25) is 0 Å². The highest BCUT2D eigenvalue weighted by Crippen LogP contribution is 2.28. The average Bonchev–Trinajstić information content (AvgIpc) is 2.34. The third-order valence-corrected chi connectivity index (χ3v) is 3.48. The molecule has 0 aromatic rings. The summed E-state index contributed by atoms with van der Waals surface area (Å²) in [5.41, 5.74) is -0.438. The third-order valence-electron chi connectivity index (χ3n) is 3.48. The van der Waals surface area contributed by atoms with Gasteiger partial charge in [-0.15, -0.1) is 0 Å². The highest BCUT2D eigenvalue weighted by Gasteiger charge is 2.28. The van der Waals surface area contributed by atoms with Gasteiger partial charge in [0, 0.05) is 13.1 Å². The molecule has 0 aromatic heterocycles. The van der Waals surface area contributed by atoms with Crippen molar-refractivity contribution >= 4 is 6.09 Å². The molecule has 0 aromatic carbocycles. The molecule has 1 N–H and O–H groups in total. The molecule has 1 amide bonds. The minimum Gasteiger partial charge on any atom is -0.444 e. The fraction of sp³-hybridized carbons (Fsp3) is 0.800. The highest BCUT2D eigenvalue weighted by atomic mass is 16.6.